The molecule has 0 N–H and O–H groups in total. The Hall–Kier alpha value is -1.71. The number of rotatable bonds is 3. The van der Waals surface area contributed by atoms with Crippen LogP contribution in [0.15, 0.2) is 50.3 Å². The van der Waals surface area contributed by atoms with E-state index in [1.165, 1.54) is 4.57 Å². The second-order valence-electron chi connectivity index (χ2n) is 4.05. The summed E-state index contributed by atoms with van der Waals surface area (Å²) in [5.41, 5.74) is 0.686. The summed E-state index contributed by atoms with van der Waals surface area (Å²) in [6.45, 7) is -0.0528. The summed E-state index contributed by atoms with van der Waals surface area (Å²) in [6.07, 6.45) is 1.56. The number of carbonyl (C=O) groups excluding carboxylic acids is 1. The first kappa shape index (κ1) is 14.7. The van der Waals surface area contributed by atoms with E-state index in [2.05, 4.69) is 31.9 Å². The molecule has 100 valence electrons. The molecule has 0 spiro atoms. The van der Waals surface area contributed by atoms with Crippen LogP contribution in [0.3, 0.4) is 0 Å². The Bertz CT molecular complexity index is 758. The lowest BCUT2D eigenvalue weighted by molar-refractivity contribution is 0.0970. The Morgan fingerprint density at radius 2 is 1.90 bits per heavy atom. The molecule has 4 nitrogen and oxygen atoms in total. The Balaban J connectivity index is 2.28. The second kappa shape index (κ2) is 6.16. The predicted octanol–water partition coefficient (Wildman–Crippen LogP) is 3.13. The highest BCUT2D eigenvalue weighted by atomic mass is 79.9. The molecule has 6 heteroatoms. The van der Waals surface area contributed by atoms with Crippen molar-refractivity contribution in [3.63, 3.8) is 0 Å². The quantitative estimate of drug-likeness (QED) is 0.750. The van der Waals surface area contributed by atoms with Crippen molar-refractivity contribution in [1.82, 2.24) is 4.57 Å². The predicted molar refractivity (Wildman–Crippen MR) is 81.6 cm³/mol. The number of nitriles is 1. The molecule has 20 heavy (non-hydrogen) atoms. The van der Waals surface area contributed by atoms with Crippen LogP contribution in [0.2, 0.25) is 0 Å². The topological polar surface area (TPSA) is 62.9 Å². The van der Waals surface area contributed by atoms with Gasteiger partial charge in [-0.05, 0) is 50.1 Å². The van der Waals surface area contributed by atoms with Crippen LogP contribution in [-0.4, -0.2) is 10.4 Å². The SMILES string of the molecule is N#Cc1ccc(C(=O)Cn2cc(Br)cc(Br)c2=O)cc1. The zero-order valence-corrected chi connectivity index (χ0v) is 13.3. The zero-order chi connectivity index (χ0) is 14.7. The van der Waals surface area contributed by atoms with Crippen LogP contribution in [0.5, 0.6) is 0 Å². The van der Waals surface area contributed by atoms with Gasteiger partial charge < -0.3 is 4.57 Å². The first-order valence-electron chi connectivity index (χ1n) is 5.60. The number of Topliss-reactive ketones (excluding diaryl/α,β-unsaturated/α-hetero) is 1. The van der Waals surface area contributed by atoms with Crippen molar-refractivity contribution in [3.8, 4) is 6.07 Å². The van der Waals surface area contributed by atoms with Crippen molar-refractivity contribution in [1.29, 1.82) is 5.26 Å². The van der Waals surface area contributed by atoms with Gasteiger partial charge in [-0.15, -0.1) is 0 Å². The van der Waals surface area contributed by atoms with Gasteiger partial charge in [0, 0.05) is 16.2 Å². The molecule has 0 radical (unpaired) electrons. The van der Waals surface area contributed by atoms with Crippen molar-refractivity contribution in [2.75, 3.05) is 0 Å². The highest BCUT2D eigenvalue weighted by molar-refractivity contribution is 9.11. The standard InChI is InChI=1S/C14H8Br2N2O2/c15-11-5-12(16)14(20)18(7-11)8-13(19)10-3-1-9(6-17)2-4-10/h1-5,7H,8H2. The first-order valence-corrected chi connectivity index (χ1v) is 7.18. The van der Waals surface area contributed by atoms with Gasteiger partial charge in [0.05, 0.1) is 22.7 Å². The number of aromatic nitrogens is 1. The normalized spacial score (nSPS) is 10.1. The van der Waals surface area contributed by atoms with Crippen molar-refractivity contribution < 1.29 is 4.79 Å². The molecule has 0 atom stereocenters. The van der Waals surface area contributed by atoms with E-state index in [1.54, 1.807) is 36.5 Å². The van der Waals surface area contributed by atoms with Crippen LogP contribution in [0.4, 0.5) is 0 Å². The average molecular weight is 396 g/mol. The summed E-state index contributed by atoms with van der Waals surface area (Å²) in [6, 6.07) is 9.93. The molecular weight excluding hydrogens is 388 g/mol. The van der Waals surface area contributed by atoms with Crippen LogP contribution >= 0.6 is 31.9 Å². The number of benzene rings is 1. The van der Waals surface area contributed by atoms with Crippen LogP contribution in [-0.2, 0) is 6.54 Å². The van der Waals surface area contributed by atoms with Gasteiger partial charge in [-0.3, -0.25) is 9.59 Å². The lowest BCUT2D eigenvalue weighted by atomic mass is 10.1. The van der Waals surface area contributed by atoms with Crippen molar-refractivity contribution in [3.05, 3.63) is 67.0 Å². The summed E-state index contributed by atoms with van der Waals surface area (Å²) in [5, 5.41) is 8.71. The summed E-state index contributed by atoms with van der Waals surface area (Å²) in [7, 11) is 0. The van der Waals surface area contributed by atoms with E-state index in [4.69, 9.17) is 5.26 Å². The smallest absolute Gasteiger partial charge is 0.265 e. The van der Waals surface area contributed by atoms with E-state index in [-0.39, 0.29) is 17.9 Å². The first-order chi connectivity index (χ1) is 9.51. The van der Waals surface area contributed by atoms with Gasteiger partial charge in [0.25, 0.3) is 5.56 Å². The molecule has 2 aromatic rings. The number of hydrogen-bond donors (Lipinski definition) is 0. The fourth-order valence-electron chi connectivity index (χ4n) is 1.66. The molecule has 1 heterocycles. The third-order valence-corrected chi connectivity index (χ3v) is 3.66. The molecule has 0 bridgehead atoms. The molecule has 1 aromatic carbocycles. The van der Waals surface area contributed by atoms with E-state index in [0.717, 1.165) is 0 Å². The number of hydrogen-bond acceptors (Lipinski definition) is 3. The van der Waals surface area contributed by atoms with Crippen molar-refractivity contribution in [2.45, 2.75) is 6.54 Å². The zero-order valence-electron chi connectivity index (χ0n) is 10.1. The Kier molecular flexibility index (Phi) is 4.53. The van der Waals surface area contributed by atoms with Crippen LogP contribution in [0.25, 0.3) is 0 Å². The van der Waals surface area contributed by atoms with Crippen LogP contribution in [0.1, 0.15) is 15.9 Å². The second-order valence-corrected chi connectivity index (χ2v) is 5.82. The van der Waals surface area contributed by atoms with Crippen molar-refractivity contribution >= 4 is 37.6 Å². The van der Waals surface area contributed by atoms with Crippen LogP contribution in [0, 0.1) is 11.3 Å². The van der Waals surface area contributed by atoms with Gasteiger partial charge in [0.15, 0.2) is 5.78 Å². The number of halogens is 2. The summed E-state index contributed by atoms with van der Waals surface area (Å²) >= 11 is 6.43. The van der Waals surface area contributed by atoms with Crippen molar-refractivity contribution in [2.24, 2.45) is 0 Å². The minimum absolute atomic E-state index is 0.0528. The number of carbonyl (C=O) groups is 1. The fourth-order valence-corrected chi connectivity index (χ4v) is 2.92. The maximum atomic E-state index is 12.1. The molecule has 0 unspecified atom stereocenters. The van der Waals surface area contributed by atoms with E-state index >= 15 is 0 Å². The van der Waals surface area contributed by atoms with Gasteiger partial charge in [0.2, 0.25) is 0 Å². The fraction of sp³-hybridized carbons (Fsp3) is 0.0714. The summed E-state index contributed by atoms with van der Waals surface area (Å²) in [5.74, 6) is -0.193. The summed E-state index contributed by atoms with van der Waals surface area (Å²) < 4.78 is 2.42. The third kappa shape index (κ3) is 3.24. The van der Waals surface area contributed by atoms with E-state index < -0.39 is 0 Å². The van der Waals surface area contributed by atoms with E-state index in [1.807, 2.05) is 6.07 Å². The average Bonchev–Trinajstić information content (AvgIpc) is 2.44. The molecule has 0 aliphatic rings. The highest BCUT2D eigenvalue weighted by Crippen LogP contribution is 2.13. The minimum Gasteiger partial charge on any atom is -0.306 e. The lowest BCUT2D eigenvalue weighted by Gasteiger charge is -2.06. The highest BCUT2D eigenvalue weighted by Gasteiger charge is 2.10. The molecule has 0 fully saturated rings. The van der Waals surface area contributed by atoms with E-state index in [0.29, 0.717) is 20.1 Å². The molecule has 2 rings (SSSR count). The molecule has 0 amide bonds. The van der Waals surface area contributed by atoms with E-state index in [9.17, 15) is 9.59 Å². The Morgan fingerprint density at radius 1 is 1.25 bits per heavy atom. The van der Waals surface area contributed by atoms with Crippen LogP contribution < -0.4 is 5.56 Å². The van der Waals surface area contributed by atoms with Gasteiger partial charge >= 0.3 is 0 Å². The minimum atomic E-state index is -0.268. The largest absolute Gasteiger partial charge is 0.306 e. The maximum absolute atomic E-state index is 12.1. The monoisotopic (exact) mass is 394 g/mol. The molecular formula is C14H8Br2N2O2. The number of nitrogens with zero attached hydrogens (tertiary/aromatic N) is 2. The third-order valence-electron chi connectivity index (χ3n) is 2.66. The number of pyridine rings is 1. The lowest BCUT2D eigenvalue weighted by Crippen LogP contribution is -2.24. The summed E-state index contributed by atoms with van der Waals surface area (Å²) in [4.78, 5) is 24.0. The Labute approximate surface area is 131 Å². The molecule has 0 aliphatic heterocycles. The Morgan fingerprint density at radius 3 is 2.50 bits per heavy atom. The molecule has 0 aliphatic carbocycles. The van der Waals surface area contributed by atoms with Gasteiger partial charge in [-0.1, -0.05) is 12.1 Å². The molecule has 0 saturated carbocycles. The number of ketones is 1. The molecule has 1 aromatic heterocycles. The maximum Gasteiger partial charge on any atom is 0.265 e. The van der Waals surface area contributed by atoms with Gasteiger partial charge in [-0.2, -0.15) is 5.26 Å². The van der Waals surface area contributed by atoms with Gasteiger partial charge in [0.1, 0.15) is 0 Å². The van der Waals surface area contributed by atoms with Gasteiger partial charge in [-0.25, -0.2) is 0 Å². The molecule has 0 saturated heterocycles.